The summed E-state index contributed by atoms with van der Waals surface area (Å²) in [6.07, 6.45) is -6.70. The smallest absolute Gasteiger partial charge is 0.311 e. The number of likely N-dealkylation sites (N-methyl/N-ethyl adjacent to an activating group) is 1. The monoisotopic (exact) mass is 790 g/mol. The molecule has 3 fully saturated rings. The van der Waals surface area contributed by atoms with E-state index in [2.05, 4.69) is 0 Å². The Morgan fingerprint density at radius 1 is 0.855 bits per heavy atom. The second-order valence-corrected chi connectivity index (χ2v) is 17.5. The number of nitrogens with zero attached hydrogens (tertiary/aromatic N) is 1. The molecule has 3 aliphatic heterocycles. The Bertz CT molecular complexity index is 1240. The van der Waals surface area contributed by atoms with Crippen molar-refractivity contribution < 1.29 is 62.8 Å². The van der Waals surface area contributed by atoms with Crippen molar-refractivity contribution in [2.75, 3.05) is 34.9 Å². The molecule has 3 aliphatic rings. The van der Waals surface area contributed by atoms with Gasteiger partial charge in [-0.25, -0.2) is 0 Å². The van der Waals surface area contributed by atoms with Crippen molar-refractivity contribution in [3.05, 3.63) is 0 Å². The molecule has 3 rings (SSSR count). The minimum Gasteiger partial charge on any atom is -0.459 e. The van der Waals surface area contributed by atoms with E-state index >= 15 is 0 Å². The second kappa shape index (κ2) is 19.6. The molecule has 3 heterocycles. The van der Waals surface area contributed by atoms with E-state index in [0.29, 0.717) is 13.0 Å². The van der Waals surface area contributed by atoms with E-state index in [-0.39, 0.29) is 43.3 Å². The molecular weight excluding hydrogens is 714 g/mol. The molecule has 0 aliphatic carbocycles. The number of cyclic esters (lactones) is 1. The topological polar surface area (TPSA) is 172 Å². The Labute approximate surface area is 330 Å². The van der Waals surface area contributed by atoms with Crippen LogP contribution in [0.4, 0.5) is 0 Å². The van der Waals surface area contributed by atoms with E-state index < -0.39 is 95.6 Å². The van der Waals surface area contributed by atoms with Gasteiger partial charge in [0.05, 0.1) is 47.6 Å². The van der Waals surface area contributed by atoms with Gasteiger partial charge in [0.2, 0.25) is 0 Å². The van der Waals surface area contributed by atoms with Crippen LogP contribution in [-0.4, -0.2) is 151 Å². The maximum Gasteiger partial charge on any atom is 0.311 e. The first-order chi connectivity index (χ1) is 25.5. The van der Waals surface area contributed by atoms with Gasteiger partial charge >= 0.3 is 5.97 Å². The highest BCUT2D eigenvalue weighted by molar-refractivity contribution is 5.83. The zero-order valence-electron chi connectivity index (χ0n) is 36.3. The van der Waals surface area contributed by atoms with Gasteiger partial charge in [-0.15, -0.1) is 0 Å². The number of aliphatic hydroxyl groups excluding tert-OH is 2. The number of rotatable bonds is 11. The van der Waals surface area contributed by atoms with Crippen LogP contribution in [0.15, 0.2) is 0 Å². The maximum absolute atomic E-state index is 14.3. The number of esters is 1. The van der Waals surface area contributed by atoms with Gasteiger partial charge in [-0.1, -0.05) is 34.6 Å². The molecule has 0 amide bonds. The number of aliphatic hydroxyl groups is 3. The van der Waals surface area contributed by atoms with Crippen LogP contribution >= 0.6 is 0 Å². The van der Waals surface area contributed by atoms with Gasteiger partial charge in [-0.3, -0.25) is 9.59 Å². The molecule has 0 spiro atoms. The number of ether oxygens (including phenoxy) is 8. The summed E-state index contributed by atoms with van der Waals surface area (Å²) in [5.41, 5.74) is -3.98. The van der Waals surface area contributed by atoms with E-state index in [4.69, 9.17) is 37.9 Å². The van der Waals surface area contributed by atoms with Crippen LogP contribution in [-0.2, 0) is 47.5 Å². The standard InChI is InChI=1S/C41H75NO13/c1-16-18-50-36-27(8)52-30(21-40(36,10)49-15)54-33-25(6)35(55-38-32(44)28(42(12)13)19-23(4)51-38)39(9,48-14)20-22(3)31(43)24(5)34(45)41(11,47)29(17-2)53-37(46)26(33)7/h22-30,32-36,38,44-45,47H,16-21H2,1-15H3/t22-,23-,24+,25+,26-,27+,28+,29-,30+,32-,33+,34-,35-,36+,38+,39-,40-,41-/m1/s1. The molecule has 3 saturated heterocycles. The van der Waals surface area contributed by atoms with E-state index in [9.17, 15) is 24.9 Å². The molecule has 3 N–H and O–H groups in total. The fourth-order valence-electron chi connectivity index (χ4n) is 9.13. The number of ketones is 1. The lowest BCUT2D eigenvalue weighted by Gasteiger charge is -2.50. The molecular formula is C41H75NO13. The molecule has 14 heteroatoms. The lowest BCUT2D eigenvalue weighted by atomic mass is 9.74. The van der Waals surface area contributed by atoms with Crippen LogP contribution < -0.4 is 0 Å². The van der Waals surface area contributed by atoms with Crippen LogP contribution in [0.3, 0.4) is 0 Å². The summed E-state index contributed by atoms with van der Waals surface area (Å²) in [5, 5.41) is 34.8. The summed E-state index contributed by atoms with van der Waals surface area (Å²) in [6, 6.07) is -0.273. The molecule has 0 aromatic heterocycles. The highest BCUT2D eigenvalue weighted by Crippen LogP contribution is 2.42. The lowest BCUT2D eigenvalue weighted by molar-refractivity contribution is -0.322. The number of Topliss-reactive ketones (excluding diaryl/α,β-unsaturated/α-hetero) is 1. The number of hydrogen-bond acceptors (Lipinski definition) is 14. The average molecular weight is 790 g/mol. The Morgan fingerprint density at radius 3 is 2.00 bits per heavy atom. The Balaban J connectivity index is 2.21. The van der Waals surface area contributed by atoms with Crippen molar-refractivity contribution in [1.29, 1.82) is 0 Å². The number of hydrogen-bond donors (Lipinski definition) is 3. The van der Waals surface area contributed by atoms with Crippen LogP contribution in [0.2, 0.25) is 0 Å². The molecule has 55 heavy (non-hydrogen) atoms. The van der Waals surface area contributed by atoms with Crippen molar-refractivity contribution in [3.8, 4) is 0 Å². The third-order valence-corrected chi connectivity index (χ3v) is 12.7. The molecule has 0 aromatic carbocycles. The normalized spacial score (nSPS) is 47.0. The van der Waals surface area contributed by atoms with Crippen LogP contribution in [0.5, 0.6) is 0 Å². The molecule has 14 nitrogen and oxygen atoms in total. The van der Waals surface area contributed by atoms with Crippen molar-refractivity contribution in [1.82, 2.24) is 4.90 Å². The first-order valence-corrected chi connectivity index (χ1v) is 20.4. The zero-order valence-corrected chi connectivity index (χ0v) is 36.3. The van der Waals surface area contributed by atoms with Gasteiger partial charge in [0.25, 0.3) is 0 Å². The summed E-state index contributed by atoms with van der Waals surface area (Å²) in [6.45, 7) is 20.2. The van der Waals surface area contributed by atoms with Crippen molar-refractivity contribution in [2.24, 2.45) is 23.7 Å². The quantitative estimate of drug-likeness (QED) is 0.258. The molecule has 0 radical (unpaired) electrons. The Kier molecular flexibility index (Phi) is 17.2. The van der Waals surface area contributed by atoms with Crippen molar-refractivity contribution >= 4 is 11.8 Å². The van der Waals surface area contributed by atoms with Gasteiger partial charge in [0.15, 0.2) is 12.6 Å². The SMILES string of the molecule is CCCO[C@H]1[C@H](C)O[C@@H](O[C@H]2[C@H](C)[C@@H](O[C@@H]3O[C@H](C)C[C@H](N(C)C)[C@H]3O)[C@](C)(OC)C[C@@H](C)C(=O)[C@H](C)[C@@H](O)[C@](C)(O)[C@@H](CC)OC(=O)[C@@H]2C)C[C@@]1(C)OC. The predicted molar refractivity (Wildman–Crippen MR) is 205 cm³/mol. The summed E-state index contributed by atoms with van der Waals surface area (Å²) in [5.74, 6) is -4.34. The van der Waals surface area contributed by atoms with E-state index in [0.717, 1.165) is 6.42 Å². The summed E-state index contributed by atoms with van der Waals surface area (Å²) in [4.78, 5) is 30.3. The highest BCUT2D eigenvalue weighted by atomic mass is 16.7. The minimum atomic E-state index is -1.95. The van der Waals surface area contributed by atoms with Crippen molar-refractivity contribution in [3.63, 3.8) is 0 Å². The third kappa shape index (κ3) is 10.7. The fourth-order valence-corrected chi connectivity index (χ4v) is 9.13. The zero-order chi connectivity index (χ0) is 41.8. The van der Waals surface area contributed by atoms with Crippen LogP contribution in [0.25, 0.3) is 0 Å². The predicted octanol–water partition coefficient (Wildman–Crippen LogP) is 3.87. The summed E-state index contributed by atoms with van der Waals surface area (Å²) >= 11 is 0. The van der Waals surface area contributed by atoms with Gasteiger partial charge < -0.3 is 58.1 Å². The summed E-state index contributed by atoms with van der Waals surface area (Å²) in [7, 11) is 6.94. The minimum absolute atomic E-state index is 0.129. The average Bonchev–Trinajstić information content (AvgIpc) is 3.13. The van der Waals surface area contributed by atoms with Gasteiger partial charge in [-0.2, -0.15) is 0 Å². The Hall–Kier alpha value is -1.30. The molecule has 0 unspecified atom stereocenters. The highest BCUT2D eigenvalue weighted by Gasteiger charge is 2.54. The molecule has 0 bridgehead atoms. The summed E-state index contributed by atoms with van der Waals surface area (Å²) < 4.78 is 51.1. The second-order valence-electron chi connectivity index (χ2n) is 17.5. The fraction of sp³-hybridized carbons (Fsp3) is 0.951. The van der Waals surface area contributed by atoms with Gasteiger partial charge in [-0.05, 0) is 81.3 Å². The maximum atomic E-state index is 14.3. The number of carbonyl (C=O) groups excluding carboxylic acids is 2. The van der Waals surface area contributed by atoms with E-state index in [1.165, 1.54) is 14.0 Å². The third-order valence-electron chi connectivity index (χ3n) is 12.7. The van der Waals surface area contributed by atoms with Gasteiger partial charge in [0, 0.05) is 51.0 Å². The van der Waals surface area contributed by atoms with E-state index in [1.807, 2.05) is 60.5 Å². The van der Waals surface area contributed by atoms with Crippen molar-refractivity contribution in [2.45, 2.75) is 193 Å². The first-order valence-electron chi connectivity index (χ1n) is 20.4. The van der Waals surface area contributed by atoms with Crippen LogP contribution in [0.1, 0.15) is 108 Å². The Morgan fingerprint density at radius 2 is 1.45 bits per heavy atom. The number of carbonyl (C=O) groups is 2. The lowest BCUT2D eigenvalue weighted by Crippen LogP contribution is -2.61. The first kappa shape index (κ1) is 48.1. The van der Waals surface area contributed by atoms with Gasteiger partial charge in [0.1, 0.15) is 29.7 Å². The molecule has 0 aromatic rings. The number of methoxy groups -OCH3 is 2. The molecule has 0 saturated carbocycles. The van der Waals surface area contributed by atoms with Crippen LogP contribution in [0, 0.1) is 23.7 Å². The largest absolute Gasteiger partial charge is 0.459 e. The molecule has 322 valence electrons. The van der Waals surface area contributed by atoms with E-state index in [1.54, 1.807) is 34.8 Å². The molecule has 18 atom stereocenters.